The molecule has 0 saturated carbocycles. The van der Waals surface area contributed by atoms with Gasteiger partial charge in [0.1, 0.15) is 6.17 Å². The lowest BCUT2D eigenvalue weighted by molar-refractivity contribution is 0.535. The van der Waals surface area contributed by atoms with Crippen LogP contribution in [0.5, 0.6) is 0 Å². The quantitative estimate of drug-likeness (QED) is 0.229. The molecular formula is C42H35N3. The van der Waals surface area contributed by atoms with Gasteiger partial charge in [0.2, 0.25) is 0 Å². The second kappa shape index (κ2) is 10.1. The van der Waals surface area contributed by atoms with Crippen LogP contribution in [0.15, 0.2) is 145 Å². The number of hydrogen-bond acceptors (Lipinski definition) is 2. The van der Waals surface area contributed by atoms with Crippen molar-refractivity contribution in [1.29, 1.82) is 0 Å². The first-order valence-electron chi connectivity index (χ1n) is 16.1. The number of anilines is 1. The van der Waals surface area contributed by atoms with Gasteiger partial charge in [-0.3, -0.25) is 0 Å². The number of nitrogens with zero attached hydrogens (tertiary/aromatic N) is 2. The first-order valence-corrected chi connectivity index (χ1v) is 16.1. The van der Waals surface area contributed by atoms with Gasteiger partial charge < -0.3 is 14.8 Å². The summed E-state index contributed by atoms with van der Waals surface area (Å²) in [6.45, 7) is 6.44. The molecule has 3 heteroatoms. The zero-order chi connectivity index (χ0) is 30.1. The molecule has 3 nitrogen and oxygen atoms in total. The summed E-state index contributed by atoms with van der Waals surface area (Å²) < 4.78 is 2.57. The SMILES string of the molecule is C=CC1=C(C)C=CNC1N1c2ccccc2-c2c(c3ccccc3n2-c2cc3c(c4ccccc24)CCC=C3)C2C=CC=CC21. The van der Waals surface area contributed by atoms with Gasteiger partial charge in [0.25, 0.3) is 0 Å². The van der Waals surface area contributed by atoms with Crippen LogP contribution in [-0.4, -0.2) is 16.8 Å². The molecule has 1 aromatic heterocycles. The predicted octanol–water partition coefficient (Wildman–Crippen LogP) is 9.75. The standard InChI is InChI=1S/C42H35N3/c1-3-29-27(2)24-25-43-42(29)45-37-22-12-9-19-34(37)40-33-18-8-11-21-36(33)44(41(40)35-20-10-13-23-38(35)45)39-26-28-14-4-5-15-30(28)31-16-6-7-17-32(31)39/h3-4,6-14,16-26,34,37,42-43H,1,5,15H2,2H3. The molecule has 9 rings (SSSR count). The van der Waals surface area contributed by atoms with Crippen LogP contribution in [0.25, 0.3) is 44.7 Å². The fourth-order valence-electron chi connectivity index (χ4n) is 8.27. The molecule has 0 amide bonds. The lowest BCUT2D eigenvalue weighted by Gasteiger charge is -2.43. The fraction of sp³-hybridized carbons (Fsp3) is 0.143. The summed E-state index contributed by atoms with van der Waals surface area (Å²) in [4.78, 5) is 2.59. The van der Waals surface area contributed by atoms with Crippen LogP contribution in [0.1, 0.15) is 36.0 Å². The summed E-state index contributed by atoms with van der Waals surface area (Å²) in [6.07, 6.45) is 22.3. The Morgan fingerprint density at radius 3 is 2.51 bits per heavy atom. The first kappa shape index (κ1) is 26.2. The number of para-hydroxylation sites is 2. The minimum absolute atomic E-state index is 0.0456. The number of hydrogen-bond donors (Lipinski definition) is 1. The molecule has 0 spiro atoms. The molecule has 2 aliphatic carbocycles. The molecule has 0 bridgehead atoms. The Labute approximate surface area is 264 Å². The summed E-state index contributed by atoms with van der Waals surface area (Å²) >= 11 is 0. The molecule has 0 fully saturated rings. The lowest BCUT2D eigenvalue weighted by Crippen LogP contribution is -2.52. The Balaban J connectivity index is 1.42. The highest BCUT2D eigenvalue weighted by molar-refractivity contribution is 6.03. The number of dihydropyridines is 1. The van der Waals surface area contributed by atoms with E-state index in [-0.39, 0.29) is 18.1 Å². The topological polar surface area (TPSA) is 20.2 Å². The van der Waals surface area contributed by atoms with E-state index in [0.717, 1.165) is 12.8 Å². The highest BCUT2D eigenvalue weighted by Crippen LogP contribution is 2.51. The molecule has 3 heterocycles. The first-order chi connectivity index (χ1) is 22.2. The van der Waals surface area contributed by atoms with Gasteiger partial charge in [0.15, 0.2) is 0 Å². The van der Waals surface area contributed by atoms with Crippen molar-refractivity contribution >= 4 is 33.4 Å². The van der Waals surface area contributed by atoms with E-state index >= 15 is 0 Å². The van der Waals surface area contributed by atoms with Crippen LogP contribution in [0.2, 0.25) is 0 Å². The van der Waals surface area contributed by atoms with Gasteiger partial charge in [0, 0.05) is 27.9 Å². The molecule has 4 aliphatic rings. The number of benzene rings is 4. The summed E-state index contributed by atoms with van der Waals surface area (Å²) in [5, 5.41) is 7.70. The molecule has 45 heavy (non-hydrogen) atoms. The minimum Gasteiger partial charge on any atom is -0.367 e. The van der Waals surface area contributed by atoms with Crippen LogP contribution in [-0.2, 0) is 6.42 Å². The van der Waals surface area contributed by atoms with Gasteiger partial charge in [-0.25, -0.2) is 0 Å². The molecule has 218 valence electrons. The van der Waals surface area contributed by atoms with E-state index in [1.54, 1.807) is 0 Å². The Bertz CT molecular complexity index is 2200. The van der Waals surface area contributed by atoms with Crippen LogP contribution in [0, 0.1) is 0 Å². The number of fused-ring (bicyclic) bond motifs is 10. The summed E-state index contributed by atoms with van der Waals surface area (Å²) in [5.41, 5.74) is 12.9. The predicted molar refractivity (Wildman–Crippen MR) is 190 cm³/mol. The van der Waals surface area contributed by atoms with Gasteiger partial charge >= 0.3 is 0 Å². The number of rotatable bonds is 3. The third-order valence-corrected chi connectivity index (χ3v) is 10.2. The summed E-state index contributed by atoms with van der Waals surface area (Å²) in [5.74, 6) is 0.145. The average molecular weight is 582 g/mol. The normalized spacial score (nSPS) is 21.3. The van der Waals surface area contributed by atoms with E-state index in [1.165, 1.54) is 72.1 Å². The molecule has 4 aromatic carbocycles. The molecule has 2 aliphatic heterocycles. The Morgan fingerprint density at radius 2 is 1.62 bits per heavy atom. The van der Waals surface area contributed by atoms with E-state index in [0.29, 0.717) is 0 Å². The fourth-order valence-corrected chi connectivity index (χ4v) is 8.27. The van der Waals surface area contributed by atoms with Crippen LogP contribution < -0.4 is 10.2 Å². The van der Waals surface area contributed by atoms with Gasteiger partial charge in [-0.15, -0.1) is 0 Å². The van der Waals surface area contributed by atoms with Gasteiger partial charge in [-0.1, -0.05) is 110 Å². The highest BCUT2D eigenvalue weighted by Gasteiger charge is 2.41. The van der Waals surface area contributed by atoms with Crippen molar-refractivity contribution in [3.05, 3.63) is 162 Å². The Hall–Kier alpha value is -5.28. The number of aromatic nitrogens is 1. The van der Waals surface area contributed by atoms with Crippen LogP contribution >= 0.6 is 0 Å². The van der Waals surface area contributed by atoms with E-state index in [4.69, 9.17) is 0 Å². The van der Waals surface area contributed by atoms with Gasteiger partial charge in [-0.2, -0.15) is 0 Å². The number of allylic oxidation sites excluding steroid dienone is 5. The van der Waals surface area contributed by atoms with E-state index in [2.05, 4.69) is 156 Å². The maximum Gasteiger partial charge on any atom is 0.126 e. The van der Waals surface area contributed by atoms with Gasteiger partial charge in [-0.05, 0) is 83.5 Å². The number of aryl methyl sites for hydroxylation is 1. The van der Waals surface area contributed by atoms with Crippen molar-refractivity contribution in [2.45, 2.75) is 37.9 Å². The van der Waals surface area contributed by atoms with E-state index in [1.807, 2.05) is 6.08 Å². The zero-order valence-corrected chi connectivity index (χ0v) is 25.4. The summed E-state index contributed by atoms with van der Waals surface area (Å²) in [6, 6.07) is 29.6. The third-order valence-electron chi connectivity index (χ3n) is 10.2. The largest absolute Gasteiger partial charge is 0.367 e. The average Bonchev–Trinajstić information content (AvgIpc) is 3.37. The number of nitrogens with one attached hydrogen (secondary N) is 1. The monoisotopic (exact) mass is 581 g/mol. The molecule has 0 radical (unpaired) electrons. The Kier molecular flexibility index (Phi) is 5.89. The molecule has 1 N–H and O–H groups in total. The van der Waals surface area contributed by atoms with Crippen LogP contribution in [0.3, 0.4) is 0 Å². The molecule has 3 atom stereocenters. The summed E-state index contributed by atoms with van der Waals surface area (Å²) in [7, 11) is 0. The molecule has 5 aromatic rings. The van der Waals surface area contributed by atoms with Crippen molar-refractivity contribution in [2.75, 3.05) is 4.90 Å². The zero-order valence-electron chi connectivity index (χ0n) is 25.4. The minimum atomic E-state index is -0.0456. The maximum absolute atomic E-state index is 4.25. The lowest BCUT2D eigenvalue weighted by atomic mass is 9.85. The smallest absolute Gasteiger partial charge is 0.126 e. The highest BCUT2D eigenvalue weighted by atomic mass is 15.3. The van der Waals surface area contributed by atoms with Crippen molar-refractivity contribution < 1.29 is 0 Å². The second-order valence-electron chi connectivity index (χ2n) is 12.5. The van der Waals surface area contributed by atoms with Crippen LogP contribution in [0.4, 0.5) is 5.69 Å². The second-order valence-corrected chi connectivity index (χ2v) is 12.5. The maximum atomic E-state index is 4.25. The molecular weight excluding hydrogens is 546 g/mol. The molecule has 0 saturated heterocycles. The Morgan fingerprint density at radius 1 is 0.844 bits per heavy atom. The van der Waals surface area contributed by atoms with Crippen molar-refractivity contribution in [1.82, 2.24) is 9.88 Å². The van der Waals surface area contributed by atoms with E-state index in [9.17, 15) is 0 Å². The van der Waals surface area contributed by atoms with E-state index < -0.39 is 0 Å². The molecule has 3 unspecified atom stereocenters. The van der Waals surface area contributed by atoms with Crippen molar-refractivity contribution in [2.24, 2.45) is 0 Å². The van der Waals surface area contributed by atoms with Crippen molar-refractivity contribution in [3.8, 4) is 16.9 Å². The third kappa shape index (κ3) is 3.77. The van der Waals surface area contributed by atoms with Gasteiger partial charge in [0.05, 0.1) is 22.9 Å². The van der Waals surface area contributed by atoms with Crippen molar-refractivity contribution in [3.63, 3.8) is 0 Å².